The fourth-order valence-corrected chi connectivity index (χ4v) is 3.06. The van der Waals surface area contributed by atoms with Crippen molar-refractivity contribution in [2.24, 2.45) is 5.92 Å². The summed E-state index contributed by atoms with van der Waals surface area (Å²) in [6.07, 6.45) is 2.31. The van der Waals surface area contributed by atoms with Crippen molar-refractivity contribution < 1.29 is 4.79 Å². The quantitative estimate of drug-likeness (QED) is 0.861. The smallest absolute Gasteiger partial charge is 0.274 e. The Balaban J connectivity index is 1.77. The van der Waals surface area contributed by atoms with Crippen LogP contribution in [0.3, 0.4) is 0 Å². The Bertz CT molecular complexity index is 724. The molecule has 1 aliphatic rings. The van der Waals surface area contributed by atoms with Gasteiger partial charge in [-0.15, -0.1) is 0 Å². The molecule has 1 aliphatic heterocycles. The first kappa shape index (κ1) is 16.9. The number of anilines is 2. The average Bonchev–Trinajstić information content (AvgIpc) is 2.57. The van der Waals surface area contributed by atoms with E-state index in [1.165, 1.54) is 0 Å². The third kappa shape index (κ3) is 4.12. The van der Waals surface area contributed by atoms with Gasteiger partial charge in [-0.2, -0.15) is 0 Å². The summed E-state index contributed by atoms with van der Waals surface area (Å²) in [5.74, 6) is 2.00. The number of aryl methyl sites for hydroxylation is 1. The third-order valence-electron chi connectivity index (χ3n) is 4.27. The van der Waals surface area contributed by atoms with Gasteiger partial charge in [0.1, 0.15) is 17.3 Å². The topological polar surface area (TPSA) is 58.1 Å². The third-order valence-corrected chi connectivity index (χ3v) is 4.80. The number of carbonyl (C=O) groups is 1. The van der Waals surface area contributed by atoms with E-state index in [2.05, 4.69) is 43.0 Å². The van der Waals surface area contributed by atoms with Gasteiger partial charge in [-0.1, -0.05) is 22.9 Å². The first-order valence-corrected chi connectivity index (χ1v) is 8.98. The molecule has 1 fully saturated rings. The Morgan fingerprint density at radius 3 is 2.54 bits per heavy atom. The van der Waals surface area contributed by atoms with E-state index in [1.54, 1.807) is 6.07 Å². The Morgan fingerprint density at radius 2 is 1.88 bits per heavy atom. The van der Waals surface area contributed by atoms with Crippen LogP contribution in [0.2, 0.25) is 0 Å². The maximum Gasteiger partial charge on any atom is 0.274 e. The van der Waals surface area contributed by atoms with Gasteiger partial charge in [0.15, 0.2) is 0 Å². The second-order valence-corrected chi connectivity index (χ2v) is 7.20. The number of piperidine rings is 1. The molecular formula is C18H21BrN4O. The molecule has 0 aliphatic carbocycles. The lowest BCUT2D eigenvalue weighted by Gasteiger charge is -2.31. The highest BCUT2D eigenvalue weighted by Crippen LogP contribution is 2.22. The zero-order chi connectivity index (χ0) is 17.1. The summed E-state index contributed by atoms with van der Waals surface area (Å²) in [4.78, 5) is 23.6. The first-order valence-electron chi connectivity index (χ1n) is 8.19. The minimum absolute atomic E-state index is 0.213. The molecule has 24 heavy (non-hydrogen) atoms. The molecule has 5 nitrogen and oxygen atoms in total. The number of nitrogens with zero attached hydrogens (tertiary/aromatic N) is 3. The van der Waals surface area contributed by atoms with Gasteiger partial charge in [-0.25, -0.2) is 9.97 Å². The number of hydrogen-bond acceptors (Lipinski definition) is 4. The Labute approximate surface area is 150 Å². The van der Waals surface area contributed by atoms with Crippen LogP contribution in [0.5, 0.6) is 0 Å². The van der Waals surface area contributed by atoms with Crippen LogP contribution < -0.4 is 10.2 Å². The van der Waals surface area contributed by atoms with Crippen molar-refractivity contribution in [2.45, 2.75) is 26.7 Å². The molecule has 6 heteroatoms. The van der Waals surface area contributed by atoms with Gasteiger partial charge < -0.3 is 10.2 Å². The maximum atomic E-state index is 12.5. The largest absolute Gasteiger partial charge is 0.356 e. The Morgan fingerprint density at radius 1 is 1.21 bits per heavy atom. The van der Waals surface area contributed by atoms with Crippen LogP contribution in [-0.2, 0) is 0 Å². The lowest BCUT2D eigenvalue weighted by atomic mass is 9.99. The molecule has 2 aromatic rings. The number of amides is 1. The molecule has 3 rings (SSSR count). The minimum atomic E-state index is -0.213. The van der Waals surface area contributed by atoms with Crippen LogP contribution in [-0.4, -0.2) is 29.0 Å². The molecule has 1 amide bonds. The molecule has 1 saturated heterocycles. The van der Waals surface area contributed by atoms with Crippen molar-refractivity contribution in [3.63, 3.8) is 0 Å². The van der Waals surface area contributed by atoms with E-state index in [1.807, 2.05) is 31.2 Å². The van der Waals surface area contributed by atoms with Crippen LogP contribution in [0.15, 0.2) is 34.8 Å². The van der Waals surface area contributed by atoms with Gasteiger partial charge in [0, 0.05) is 29.3 Å². The van der Waals surface area contributed by atoms with E-state index >= 15 is 0 Å². The van der Waals surface area contributed by atoms with Gasteiger partial charge >= 0.3 is 0 Å². The van der Waals surface area contributed by atoms with Crippen molar-refractivity contribution in [1.29, 1.82) is 0 Å². The van der Waals surface area contributed by atoms with E-state index in [9.17, 15) is 4.79 Å². The van der Waals surface area contributed by atoms with Crippen molar-refractivity contribution in [1.82, 2.24) is 9.97 Å². The lowest BCUT2D eigenvalue weighted by molar-refractivity contribution is 0.102. The predicted octanol–water partition coefficient (Wildman–Crippen LogP) is 4.04. The summed E-state index contributed by atoms with van der Waals surface area (Å²) in [5.41, 5.74) is 1.15. The molecule has 1 aromatic heterocycles. The number of halogens is 1. The summed E-state index contributed by atoms with van der Waals surface area (Å²) < 4.78 is 0.972. The summed E-state index contributed by atoms with van der Waals surface area (Å²) in [5, 5.41) is 2.88. The fourth-order valence-electron chi connectivity index (χ4n) is 2.80. The average molecular weight is 389 g/mol. The van der Waals surface area contributed by atoms with Gasteiger partial charge in [-0.3, -0.25) is 4.79 Å². The maximum absolute atomic E-state index is 12.5. The van der Waals surface area contributed by atoms with E-state index in [4.69, 9.17) is 0 Å². The molecule has 0 atom stereocenters. The van der Waals surface area contributed by atoms with E-state index in [0.29, 0.717) is 11.5 Å². The summed E-state index contributed by atoms with van der Waals surface area (Å²) in [6, 6.07) is 9.27. The predicted molar refractivity (Wildman–Crippen MR) is 99.5 cm³/mol. The van der Waals surface area contributed by atoms with Crippen molar-refractivity contribution >= 4 is 33.3 Å². The first-order chi connectivity index (χ1) is 11.5. The highest BCUT2D eigenvalue weighted by atomic mass is 79.9. The molecular weight excluding hydrogens is 368 g/mol. The number of nitrogens with one attached hydrogen (secondary N) is 1. The zero-order valence-corrected chi connectivity index (χ0v) is 15.5. The number of aromatic nitrogens is 2. The summed E-state index contributed by atoms with van der Waals surface area (Å²) in [6.45, 7) is 6.06. The molecule has 126 valence electrons. The summed E-state index contributed by atoms with van der Waals surface area (Å²) >= 11 is 3.39. The molecule has 2 heterocycles. The molecule has 0 spiro atoms. The fraction of sp³-hybridized carbons (Fsp3) is 0.389. The Hall–Kier alpha value is -1.95. The van der Waals surface area contributed by atoms with Crippen molar-refractivity contribution in [2.75, 3.05) is 23.3 Å². The van der Waals surface area contributed by atoms with Gasteiger partial charge in [0.05, 0.1) is 0 Å². The number of hydrogen-bond donors (Lipinski definition) is 1. The van der Waals surface area contributed by atoms with Crippen LogP contribution in [0, 0.1) is 12.8 Å². The van der Waals surface area contributed by atoms with E-state index < -0.39 is 0 Å². The van der Waals surface area contributed by atoms with Gasteiger partial charge in [0.2, 0.25) is 0 Å². The number of benzene rings is 1. The van der Waals surface area contributed by atoms with Gasteiger partial charge in [-0.05, 0) is 49.9 Å². The molecule has 1 N–H and O–H groups in total. The second-order valence-electron chi connectivity index (χ2n) is 6.29. The second kappa shape index (κ2) is 7.30. The van der Waals surface area contributed by atoms with Crippen molar-refractivity contribution in [3.05, 3.63) is 46.3 Å². The van der Waals surface area contributed by atoms with E-state index in [0.717, 1.165) is 47.8 Å². The number of carbonyl (C=O) groups excluding carboxylic acids is 1. The SMILES string of the molecule is Cc1nc(C(=O)Nc2ccc(Br)cc2)cc(N2CCC(C)CC2)n1. The number of rotatable bonds is 3. The Kier molecular flexibility index (Phi) is 5.14. The molecule has 0 bridgehead atoms. The molecule has 1 aromatic carbocycles. The normalized spacial score (nSPS) is 15.4. The highest BCUT2D eigenvalue weighted by molar-refractivity contribution is 9.10. The monoisotopic (exact) mass is 388 g/mol. The molecule has 0 radical (unpaired) electrons. The lowest BCUT2D eigenvalue weighted by Crippen LogP contribution is -2.34. The molecule has 0 saturated carbocycles. The van der Waals surface area contributed by atoms with Crippen LogP contribution in [0.1, 0.15) is 36.1 Å². The van der Waals surface area contributed by atoms with Crippen molar-refractivity contribution in [3.8, 4) is 0 Å². The van der Waals surface area contributed by atoms with Crippen LogP contribution in [0.4, 0.5) is 11.5 Å². The highest BCUT2D eigenvalue weighted by Gasteiger charge is 2.19. The minimum Gasteiger partial charge on any atom is -0.356 e. The summed E-state index contributed by atoms with van der Waals surface area (Å²) in [7, 11) is 0. The van der Waals surface area contributed by atoms with Crippen LogP contribution >= 0.6 is 15.9 Å². The van der Waals surface area contributed by atoms with Crippen LogP contribution in [0.25, 0.3) is 0 Å². The standard InChI is InChI=1S/C18H21BrN4O/c1-12-7-9-23(10-8-12)17-11-16(20-13(2)21-17)18(24)22-15-5-3-14(19)4-6-15/h3-6,11-12H,7-10H2,1-2H3,(H,22,24). The zero-order valence-electron chi connectivity index (χ0n) is 13.9. The van der Waals surface area contributed by atoms with Gasteiger partial charge in [0.25, 0.3) is 5.91 Å². The van der Waals surface area contributed by atoms with E-state index in [-0.39, 0.29) is 5.91 Å². The molecule has 0 unspecified atom stereocenters.